The number of hydrogen-bond donors (Lipinski definition) is 0. The van der Waals surface area contributed by atoms with Crippen LogP contribution in [0.15, 0.2) is 18.2 Å². The van der Waals surface area contributed by atoms with Gasteiger partial charge in [0.1, 0.15) is 0 Å². The summed E-state index contributed by atoms with van der Waals surface area (Å²) in [6.45, 7) is 6.77. The monoisotopic (exact) mass is 291 g/mol. The third kappa shape index (κ3) is 4.55. The van der Waals surface area contributed by atoms with Gasteiger partial charge in [0, 0.05) is 26.8 Å². The van der Waals surface area contributed by atoms with Crippen molar-refractivity contribution in [1.82, 2.24) is 4.90 Å². The Balaban J connectivity index is 1.94. The highest BCUT2D eigenvalue weighted by Gasteiger charge is 2.24. The average molecular weight is 291 g/mol. The summed E-state index contributed by atoms with van der Waals surface area (Å²) in [5.41, 5.74) is 3.50. The molecule has 0 radical (unpaired) electrons. The van der Waals surface area contributed by atoms with Gasteiger partial charge in [-0.25, -0.2) is 0 Å². The Hall–Kier alpha value is -1.39. The van der Waals surface area contributed by atoms with Crippen LogP contribution in [-0.2, 0) is 20.7 Å². The molecule has 0 bridgehead atoms. The van der Waals surface area contributed by atoms with Crippen LogP contribution in [0.1, 0.15) is 23.1 Å². The van der Waals surface area contributed by atoms with E-state index in [-0.39, 0.29) is 12.0 Å². The van der Waals surface area contributed by atoms with Crippen molar-refractivity contribution in [2.24, 2.45) is 0 Å². The van der Waals surface area contributed by atoms with Gasteiger partial charge in [0.25, 0.3) is 0 Å². The zero-order chi connectivity index (χ0) is 15.2. The highest BCUT2D eigenvalue weighted by Crippen LogP contribution is 2.15. The molecule has 1 aliphatic rings. The fraction of sp³-hybridized carbons (Fsp3) is 0.588. The van der Waals surface area contributed by atoms with Gasteiger partial charge in [-0.2, -0.15) is 0 Å². The molecule has 116 valence electrons. The SMILES string of the molecule is COCCC1CN(C(=O)Cc2cc(C)ccc2C)CCO1. The number of ether oxygens (including phenoxy) is 2. The Kier molecular flexibility index (Phi) is 5.76. The molecular formula is C17H25NO3. The van der Waals surface area contributed by atoms with Gasteiger partial charge in [0.05, 0.1) is 19.1 Å². The minimum Gasteiger partial charge on any atom is -0.385 e. The standard InChI is InChI=1S/C17H25NO3/c1-13-4-5-14(2)15(10-13)11-17(19)18-7-9-21-16(12-18)6-8-20-3/h4-5,10,16H,6-9,11-12H2,1-3H3. The summed E-state index contributed by atoms with van der Waals surface area (Å²) in [4.78, 5) is 14.4. The summed E-state index contributed by atoms with van der Waals surface area (Å²) in [6.07, 6.45) is 1.41. The summed E-state index contributed by atoms with van der Waals surface area (Å²) >= 11 is 0. The molecule has 1 aromatic carbocycles. The van der Waals surface area contributed by atoms with Gasteiger partial charge in [-0.15, -0.1) is 0 Å². The number of aryl methyl sites for hydroxylation is 2. The lowest BCUT2D eigenvalue weighted by Gasteiger charge is -2.33. The van der Waals surface area contributed by atoms with Crippen LogP contribution < -0.4 is 0 Å². The minimum atomic E-state index is 0.0984. The van der Waals surface area contributed by atoms with E-state index in [1.54, 1.807) is 7.11 Å². The third-order valence-corrected chi connectivity index (χ3v) is 3.98. The van der Waals surface area contributed by atoms with Crippen molar-refractivity contribution >= 4 is 5.91 Å². The Labute approximate surface area is 127 Å². The van der Waals surface area contributed by atoms with Crippen molar-refractivity contribution in [2.45, 2.75) is 32.8 Å². The summed E-state index contributed by atoms with van der Waals surface area (Å²) in [7, 11) is 1.69. The van der Waals surface area contributed by atoms with Gasteiger partial charge in [-0.1, -0.05) is 23.8 Å². The second kappa shape index (κ2) is 7.57. The molecule has 0 spiro atoms. The lowest BCUT2D eigenvalue weighted by atomic mass is 10.0. The van der Waals surface area contributed by atoms with Gasteiger partial charge in [0.15, 0.2) is 0 Å². The molecule has 21 heavy (non-hydrogen) atoms. The predicted molar refractivity (Wildman–Crippen MR) is 82.4 cm³/mol. The lowest BCUT2D eigenvalue weighted by molar-refractivity contribution is -0.138. The fourth-order valence-electron chi connectivity index (χ4n) is 2.64. The van der Waals surface area contributed by atoms with E-state index in [2.05, 4.69) is 32.0 Å². The first-order valence-corrected chi connectivity index (χ1v) is 7.54. The van der Waals surface area contributed by atoms with Crippen LogP contribution in [0.2, 0.25) is 0 Å². The van der Waals surface area contributed by atoms with Gasteiger partial charge < -0.3 is 14.4 Å². The number of rotatable bonds is 5. The zero-order valence-electron chi connectivity index (χ0n) is 13.2. The molecule has 0 aromatic heterocycles. The van der Waals surface area contributed by atoms with E-state index >= 15 is 0 Å². The summed E-state index contributed by atoms with van der Waals surface area (Å²) in [5, 5.41) is 0. The minimum absolute atomic E-state index is 0.0984. The number of benzene rings is 1. The highest BCUT2D eigenvalue weighted by atomic mass is 16.5. The molecule has 4 nitrogen and oxygen atoms in total. The average Bonchev–Trinajstić information content (AvgIpc) is 2.49. The molecular weight excluding hydrogens is 266 g/mol. The molecule has 0 aliphatic carbocycles. The number of carbonyl (C=O) groups is 1. The van der Waals surface area contributed by atoms with Crippen molar-refractivity contribution in [3.63, 3.8) is 0 Å². The summed E-state index contributed by atoms with van der Waals surface area (Å²) in [5.74, 6) is 0.189. The topological polar surface area (TPSA) is 38.8 Å². The maximum absolute atomic E-state index is 12.5. The Morgan fingerprint density at radius 3 is 3.00 bits per heavy atom. The fourth-order valence-corrected chi connectivity index (χ4v) is 2.64. The normalized spacial score (nSPS) is 18.8. The van der Waals surface area contributed by atoms with Crippen LogP contribution in [0.3, 0.4) is 0 Å². The van der Waals surface area contributed by atoms with Crippen LogP contribution in [0.5, 0.6) is 0 Å². The molecule has 1 aliphatic heterocycles. The number of carbonyl (C=O) groups excluding carboxylic acids is 1. The van der Waals surface area contributed by atoms with E-state index in [0.29, 0.717) is 32.7 Å². The van der Waals surface area contributed by atoms with Crippen molar-refractivity contribution in [2.75, 3.05) is 33.4 Å². The molecule has 1 unspecified atom stereocenters. The van der Waals surface area contributed by atoms with Gasteiger partial charge in [-0.3, -0.25) is 4.79 Å². The van der Waals surface area contributed by atoms with Crippen LogP contribution in [0, 0.1) is 13.8 Å². The number of morpholine rings is 1. The smallest absolute Gasteiger partial charge is 0.227 e. The van der Waals surface area contributed by atoms with Crippen LogP contribution in [0.4, 0.5) is 0 Å². The molecule has 1 fully saturated rings. The van der Waals surface area contributed by atoms with Crippen molar-refractivity contribution < 1.29 is 14.3 Å². The number of nitrogens with zero attached hydrogens (tertiary/aromatic N) is 1. The molecule has 1 aromatic rings. The Bertz CT molecular complexity index is 487. The quantitative estimate of drug-likeness (QED) is 0.834. The van der Waals surface area contributed by atoms with Crippen molar-refractivity contribution in [3.05, 3.63) is 34.9 Å². The maximum atomic E-state index is 12.5. The van der Waals surface area contributed by atoms with Crippen LogP contribution >= 0.6 is 0 Å². The van der Waals surface area contributed by atoms with E-state index in [9.17, 15) is 4.79 Å². The highest BCUT2D eigenvalue weighted by molar-refractivity contribution is 5.79. The van der Waals surface area contributed by atoms with E-state index in [0.717, 1.165) is 12.0 Å². The first-order valence-electron chi connectivity index (χ1n) is 7.54. The van der Waals surface area contributed by atoms with E-state index in [4.69, 9.17) is 9.47 Å². The molecule has 1 atom stereocenters. The predicted octanol–water partition coefficient (Wildman–Crippen LogP) is 2.11. The second-order valence-electron chi connectivity index (χ2n) is 5.72. The lowest BCUT2D eigenvalue weighted by Crippen LogP contribution is -2.46. The first kappa shape index (κ1) is 16.0. The largest absolute Gasteiger partial charge is 0.385 e. The number of methoxy groups -OCH3 is 1. The van der Waals surface area contributed by atoms with Gasteiger partial charge in [0.2, 0.25) is 5.91 Å². The summed E-state index contributed by atoms with van der Waals surface area (Å²) in [6, 6.07) is 6.27. The number of hydrogen-bond acceptors (Lipinski definition) is 3. The Morgan fingerprint density at radius 1 is 1.43 bits per heavy atom. The molecule has 4 heteroatoms. The number of amides is 1. The molecule has 0 N–H and O–H groups in total. The van der Waals surface area contributed by atoms with Crippen LogP contribution in [-0.4, -0.2) is 50.3 Å². The van der Waals surface area contributed by atoms with Crippen molar-refractivity contribution in [1.29, 1.82) is 0 Å². The molecule has 1 saturated heterocycles. The third-order valence-electron chi connectivity index (χ3n) is 3.98. The van der Waals surface area contributed by atoms with Crippen molar-refractivity contribution in [3.8, 4) is 0 Å². The molecule has 1 amide bonds. The van der Waals surface area contributed by atoms with Gasteiger partial charge >= 0.3 is 0 Å². The van der Waals surface area contributed by atoms with Crippen LogP contribution in [0.25, 0.3) is 0 Å². The Morgan fingerprint density at radius 2 is 2.24 bits per heavy atom. The second-order valence-corrected chi connectivity index (χ2v) is 5.72. The first-order chi connectivity index (χ1) is 10.1. The molecule has 0 saturated carbocycles. The van der Waals surface area contributed by atoms with Gasteiger partial charge in [-0.05, 0) is 31.4 Å². The maximum Gasteiger partial charge on any atom is 0.227 e. The van der Waals surface area contributed by atoms with E-state index < -0.39 is 0 Å². The molecule has 2 rings (SSSR count). The zero-order valence-corrected chi connectivity index (χ0v) is 13.2. The molecule has 1 heterocycles. The van der Waals surface area contributed by atoms with E-state index in [1.807, 2.05) is 4.90 Å². The summed E-state index contributed by atoms with van der Waals surface area (Å²) < 4.78 is 10.8. The van der Waals surface area contributed by atoms with E-state index in [1.165, 1.54) is 11.1 Å².